The van der Waals surface area contributed by atoms with Gasteiger partial charge in [-0.15, -0.1) is 0 Å². The Morgan fingerprint density at radius 1 is 0.909 bits per heavy atom. The van der Waals surface area contributed by atoms with Crippen molar-refractivity contribution in [3.8, 4) is 0 Å². The van der Waals surface area contributed by atoms with Crippen molar-refractivity contribution < 1.29 is 24.6 Å². The molecule has 0 saturated heterocycles. The number of carbonyl (C=O) groups is 3. The van der Waals surface area contributed by atoms with Gasteiger partial charge in [0, 0.05) is 26.6 Å². The maximum atomic E-state index is 13.8. The highest BCUT2D eigenvalue weighted by atomic mass is 16.3. The third kappa shape index (κ3) is 13.7. The molecule has 3 amide bonds. The molecule has 44 heavy (non-hydrogen) atoms. The molecule has 5 N–H and O–H groups in total. The number of nitrogens with one attached hydrogen (secondary N) is 3. The summed E-state index contributed by atoms with van der Waals surface area (Å²) in [5.41, 5.74) is 0.943. The van der Waals surface area contributed by atoms with Gasteiger partial charge in [-0.05, 0) is 56.0 Å². The van der Waals surface area contributed by atoms with Crippen LogP contribution in [0.25, 0.3) is 0 Å². The Hall–Kier alpha value is -2.49. The van der Waals surface area contributed by atoms with E-state index in [-0.39, 0.29) is 36.0 Å². The number of likely N-dealkylation sites (N-methyl/N-ethyl adjacent to an activating group) is 2. The van der Waals surface area contributed by atoms with E-state index in [1.54, 1.807) is 11.9 Å². The van der Waals surface area contributed by atoms with Gasteiger partial charge >= 0.3 is 0 Å². The van der Waals surface area contributed by atoms with Crippen LogP contribution >= 0.6 is 0 Å². The van der Waals surface area contributed by atoms with Crippen molar-refractivity contribution in [1.29, 1.82) is 0 Å². The summed E-state index contributed by atoms with van der Waals surface area (Å²) in [4.78, 5) is 42.4. The highest BCUT2D eigenvalue weighted by molar-refractivity contribution is 5.91. The molecule has 9 nitrogen and oxygen atoms in total. The van der Waals surface area contributed by atoms with Crippen molar-refractivity contribution in [2.45, 2.75) is 116 Å². The fraction of sp³-hybridized carbons (Fsp3) is 0.743. The second-order valence-electron chi connectivity index (χ2n) is 13.7. The molecule has 0 unspecified atom stereocenters. The van der Waals surface area contributed by atoms with Crippen LogP contribution < -0.4 is 16.0 Å². The maximum absolute atomic E-state index is 13.8. The molecular formula is C35H60N4O5. The summed E-state index contributed by atoms with van der Waals surface area (Å²) >= 11 is 0. The topological polar surface area (TPSA) is 131 Å². The van der Waals surface area contributed by atoms with Crippen LogP contribution in [-0.4, -0.2) is 84.3 Å². The zero-order valence-electron chi connectivity index (χ0n) is 28.1. The molecule has 5 atom stereocenters. The van der Waals surface area contributed by atoms with Crippen LogP contribution in [0.3, 0.4) is 0 Å². The van der Waals surface area contributed by atoms with Gasteiger partial charge in [0.05, 0.1) is 18.1 Å². The molecule has 1 aromatic carbocycles. The number of benzene rings is 1. The molecule has 1 aliphatic carbocycles. The smallest absolute Gasteiger partial charge is 0.242 e. The monoisotopic (exact) mass is 616 g/mol. The molecule has 0 radical (unpaired) electrons. The Labute approximate surface area is 265 Å². The van der Waals surface area contributed by atoms with Crippen molar-refractivity contribution in [3.63, 3.8) is 0 Å². The van der Waals surface area contributed by atoms with Crippen LogP contribution in [0, 0.1) is 23.7 Å². The molecule has 0 aliphatic heterocycles. The zero-order chi connectivity index (χ0) is 32.6. The zero-order valence-corrected chi connectivity index (χ0v) is 28.1. The number of hydrogen-bond donors (Lipinski definition) is 5. The van der Waals surface area contributed by atoms with Gasteiger partial charge in [-0.1, -0.05) is 90.1 Å². The molecule has 9 heteroatoms. The lowest BCUT2D eigenvalue weighted by Gasteiger charge is -2.34. The van der Waals surface area contributed by atoms with Crippen LogP contribution in [0.5, 0.6) is 0 Å². The number of amides is 3. The molecule has 0 aromatic heterocycles. The number of rotatable bonds is 19. The van der Waals surface area contributed by atoms with Crippen molar-refractivity contribution >= 4 is 17.7 Å². The third-order valence-electron chi connectivity index (χ3n) is 8.74. The third-order valence-corrected chi connectivity index (χ3v) is 8.74. The number of aliphatic hydroxyl groups is 2. The van der Waals surface area contributed by atoms with Crippen molar-refractivity contribution in [2.75, 3.05) is 27.2 Å². The minimum Gasteiger partial charge on any atom is -0.390 e. The maximum Gasteiger partial charge on any atom is 0.242 e. The van der Waals surface area contributed by atoms with E-state index in [4.69, 9.17) is 0 Å². The normalized spacial score (nSPS) is 17.5. The number of carbonyl (C=O) groups excluding carboxylic acids is 3. The first-order chi connectivity index (χ1) is 20.9. The lowest BCUT2D eigenvalue weighted by Crippen LogP contribution is -2.56. The quantitative estimate of drug-likeness (QED) is 0.161. The van der Waals surface area contributed by atoms with Crippen molar-refractivity contribution in [2.24, 2.45) is 23.7 Å². The van der Waals surface area contributed by atoms with E-state index in [9.17, 15) is 24.6 Å². The van der Waals surface area contributed by atoms with Crippen molar-refractivity contribution in [1.82, 2.24) is 20.9 Å². The highest BCUT2D eigenvalue weighted by Crippen LogP contribution is 2.29. The first kappa shape index (κ1) is 37.7. The van der Waals surface area contributed by atoms with E-state index in [0.29, 0.717) is 44.7 Å². The van der Waals surface area contributed by atoms with E-state index in [2.05, 4.69) is 16.0 Å². The van der Waals surface area contributed by atoms with Gasteiger partial charge in [-0.2, -0.15) is 0 Å². The lowest BCUT2D eigenvalue weighted by molar-refractivity contribution is -0.137. The first-order valence-corrected chi connectivity index (χ1v) is 16.8. The Morgan fingerprint density at radius 3 is 2.14 bits per heavy atom. The molecule has 0 heterocycles. The molecule has 1 aromatic rings. The Bertz CT molecular complexity index is 983. The lowest BCUT2D eigenvalue weighted by atomic mass is 9.82. The van der Waals surface area contributed by atoms with Crippen molar-refractivity contribution in [3.05, 3.63) is 35.9 Å². The summed E-state index contributed by atoms with van der Waals surface area (Å²) in [5, 5.41) is 31.1. The Morgan fingerprint density at radius 2 is 1.55 bits per heavy atom. The summed E-state index contributed by atoms with van der Waals surface area (Å²) in [6.45, 7) is 9.15. The van der Waals surface area contributed by atoms with E-state index in [0.717, 1.165) is 31.2 Å². The minimum atomic E-state index is -1.10. The number of aliphatic hydroxyl groups excluding tert-OH is 2. The Balaban J connectivity index is 2.25. The molecule has 1 saturated carbocycles. The molecular weight excluding hydrogens is 556 g/mol. The van der Waals surface area contributed by atoms with E-state index in [1.807, 2.05) is 65.1 Å². The van der Waals surface area contributed by atoms with Gasteiger partial charge in [0.25, 0.3) is 0 Å². The minimum absolute atomic E-state index is 0.0291. The van der Waals surface area contributed by atoms with Gasteiger partial charge in [-0.3, -0.25) is 14.4 Å². The molecule has 0 spiro atoms. The summed E-state index contributed by atoms with van der Waals surface area (Å²) < 4.78 is 0. The number of hydrogen-bond acceptors (Lipinski definition) is 6. The first-order valence-electron chi connectivity index (χ1n) is 16.8. The molecule has 1 aliphatic rings. The fourth-order valence-corrected chi connectivity index (χ4v) is 6.16. The standard InChI is InChI=1S/C35H60N4O5/c1-24(2)19-30(35(44)37-29(22-27-15-11-8-12-16-27)33(42)31(40)20-25(3)4)38-34(43)28(21-26-13-9-7-10-14-26)23-32(41)39(6)18-17-36-5/h7,9-10,13-14,24-25,27-31,33,36,40,42H,8,11-12,15-23H2,1-6H3,(H,37,44)(H,38,43)/t28-,29+,30+,31+,33-/m1/s1. The van der Waals surface area contributed by atoms with E-state index < -0.39 is 30.2 Å². The summed E-state index contributed by atoms with van der Waals surface area (Å²) in [6, 6.07) is 8.15. The predicted molar refractivity (Wildman–Crippen MR) is 176 cm³/mol. The molecule has 2 rings (SSSR count). The average Bonchev–Trinajstić information content (AvgIpc) is 2.98. The Kier molecular flexibility index (Phi) is 17.0. The summed E-state index contributed by atoms with van der Waals surface area (Å²) in [5.74, 6) is -0.804. The van der Waals surface area contributed by atoms with Crippen LogP contribution in [0.2, 0.25) is 0 Å². The van der Waals surface area contributed by atoms with E-state index in [1.165, 1.54) is 6.42 Å². The van der Waals surface area contributed by atoms with Gasteiger partial charge < -0.3 is 31.1 Å². The van der Waals surface area contributed by atoms with Gasteiger partial charge in [-0.25, -0.2) is 0 Å². The van der Waals surface area contributed by atoms with Gasteiger partial charge in [0.1, 0.15) is 12.1 Å². The summed E-state index contributed by atoms with van der Waals surface area (Å²) in [7, 11) is 3.56. The second-order valence-corrected chi connectivity index (χ2v) is 13.7. The van der Waals surface area contributed by atoms with Crippen LogP contribution in [0.4, 0.5) is 0 Å². The second kappa shape index (κ2) is 19.8. The van der Waals surface area contributed by atoms with Crippen LogP contribution in [0.15, 0.2) is 30.3 Å². The molecule has 250 valence electrons. The largest absolute Gasteiger partial charge is 0.390 e. The predicted octanol–water partition coefficient (Wildman–Crippen LogP) is 3.67. The van der Waals surface area contributed by atoms with Gasteiger partial charge in [0.2, 0.25) is 17.7 Å². The van der Waals surface area contributed by atoms with E-state index >= 15 is 0 Å². The molecule has 1 fully saturated rings. The molecule has 0 bridgehead atoms. The average molecular weight is 617 g/mol. The van der Waals surface area contributed by atoms with Crippen LogP contribution in [0.1, 0.15) is 91.0 Å². The number of nitrogens with zero attached hydrogens (tertiary/aromatic N) is 1. The summed E-state index contributed by atoms with van der Waals surface area (Å²) in [6.07, 6.45) is 5.34. The fourth-order valence-electron chi connectivity index (χ4n) is 6.16. The SMILES string of the molecule is CNCCN(C)C(=O)C[C@@H](Cc1ccccc1)C(=O)N[C@@H](CC(C)C)C(=O)N[C@@H](CC1CCCCC1)[C@@H](O)[C@@H](O)CC(C)C. The highest BCUT2D eigenvalue weighted by Gasteiger charge is 2.34. The van der Waals surface area contributed by atoms with Gasteiger partial charge in [0.15, 0.2) is 0 Å². The van der Waals surface area contributed by atoms with Crippen LogP contribution in [-0.2, 0) is 20.8 Å².